The van der Waals surface area contributed by atoms with Gasteiger partial charge in [0.25, 0.3) is 0 Å². The number of carboxylic acid groups (broad SMARTS) is 1. The Morgan fingerprint density at radius 3 is 2.75 bits per heavy atom. The first-order valence-corrected chi connectivity index (χ1v) is 7.70. The third-order valence-electron chi connectivity index (χ3n) is 2.83. The molecule has 0 amide bonds. The lowest BCUT2D eigenvalue weighted by molar-refractivity contribution is 0.0684. The van der Waals surface area contributed by atoms with Crippen LogP contribution in [-0.4, -0.2) is 26.9 Å². The normalized spacial score (nSPS) is 10.8. The highest BCUT2D eigenvalue weighted by Gasteiger charge is 2.20. The predicted molar refractivity (Wildman–Crippen MR) is 81.3 cm³/mol. The molecular weight excluding hydrogens is 319 g/mol. The van der Waals surface area contributed by atoms with Gasteiger partial charge in [-0.2, -0.15) is 0 Å². The molecule has 106 valence electrons. The maximum absolute atomic E-state index is 11.4. The van der Waals surface area contributed by atoms with E-state index < -0.39 is 5.97 Å². The van der Waals surface area contributed by atoms with Crippen molar-refractivity contribution in [1.29, 1.82) is 0 Å². The number of aryl methyl sites for hydroxylation is 1. The first-order chi connectivity index (χ1) is 9.43. The first-order valence-electron chi connectivity index (χ1n) is 5.72. The van der Waals surface area contributed by atoms with Crippen LogP contribution in [0.15, 0.2) is 23.4 Å². The molecular formula is C13H12Cl2N2O2S. The van der Waals surface area contributed by atoms with Crippen molar-refractivity contribution in [3.8, 4) is 0 Å². The van der Waals surface area contributed by atoms with Gasteiger partial charge in [0.2, 0.25) is 0 Å². The number of aromatic nitrogens is 2. The van der Waals surface area contributed by atoms with Crippen LogP contribution in [-0.2, 0) is 6.54 Å². The second-order valence-electron chi connectivity index (χ2n) is 4.16. The van der Waals surface area contributed by atoms with Crippen molar-refractivity contribution in [2.24, 2.45) is 0 Å². The minimum atomic E-state index is -1.01. The van der Waals surface area contributed by atoms with Crippen LogP contribution < -0.4 is 0 Å². The highest BCUT2D eigenvalue weighted by Crippen LogP contribution is 2.26. The van der Waals surface area contributed by atoms with Crippen LogP contribution in [0.25, 0.3) is 0 Å². The Hall–Kier alpha value is -1.17. The van der Waals surface area contributed by atoms with E-state index in [0.717, 1.165) is 5.56 Å². The molecule has 0 aliphatic rings. The zero-order valence-corrected chi connectivity index (χ0v) is 13.2. The molecule has 20 heavy (non-hydrogen) atoms. The molecule has 2 rings (SSSR count). The highest BCUT2D eigenvalue weighted by molar-refractivity contribution is 7.98. The van der Waals surface area contributed by atoms with Gasteiger partial charge in [0.05, 0.1) is 12.2 Å². The number of hydrogen-bond acceptors (Lipinski definition) is 3. The summed E-state index contributed by atoms with van der Waals surface area (Å²) in [5.41, 5.74) is 1.42. The minimum absolute atomic E-state index is 0.172. The summed E-state index contributed by atoms with van der Waals surface area (Å²) in [7, 11) is 0. The number of thioether (sulfide) groups is 1. The van der Waals surface area contributed by atoms with Gasteiger partial charge in [0.1, 0.15) is 0 Å². The number of carbonyl (C=O) groups is 1. The van der Waals surface area contributed by atoms with Gasteiger partial charge in [0, 0.05) is 10.0 Å². The van der Waals surface area contributed by atoms with Gasteiger partial charge in [-0.15, -0.1) is 0 Å². The molecule has 1 N–H and O–H groups in total. The molecule has 0 saturated heterocycles. The maximum Gasteiger partial charge on any atom is 0.354 e. The molecule has 0 bridgehead atoms. The average Bonchev–Trinajstić information content (AvgIpc) is 2.70. The van der Waals surface area contributed by atoms with Crippen LogP contribution in [0, 0.1) is 6.92 Å². The van der Waals surface area contributed by atoms with E-state index in [4.69, 9.17) is 23.2 Å². The number of nitrogens with zero attached hydrogens (tertiary/aromatic N) is 2. The zero-order chi connectivity index (χ0) is 14.9. The second-order valence-corrected chi connectivity index (χ2v) is 5.78. The van der Waals surface area contributed by atoms with E-state index in [1.165, 1.54) is 11.8 Å². The van der Waals surface area contributed by atoms with Crippen LogP contribution in [0.2, 0.25) is 10.0 Å². The monoisotopic (exact) mass is 330 g/mol. The van der Waals surface area contributed by atoms with Gasteiger partial charge >= 0.3 is 5.97 Å². The number of imidazole rings is 1. The molecule has 0 spiro atoms. The SMILES string of the molecule is CSc1nc(C)c(C(=O)O)n1Cc1cc(Cl)ccc1Cl. The Bertz CT molecular complexity index is 671. The molecule has 0 aliphatic carbocycles. The molecule has 0 saturated carbocycles. The average molecular weight is 331 g/mol. The van der Waals surface area contributed by atoms with E-state index in [2.05, 4.69) is 4.98 Å². The quantitative estimate of drug-likeness (QED) is 0.862. The van der Waals surface area contributed by atoms with Crippen molar-refractivity contribution < 1.29 is 9.90 Å². The zero-order valence-electron chi connectivity index (χ0n) is 10.9. The van der Waals surface area contributed by atoms with Crippen LogP contribution in [0.3, 0.4) is 0 Å². The van der Waals surface area contributed by atoms with Gasteiger partial charge in [-0.1, -0.05) is 35.0 Å². The van der Waals surface area contributed by atoms with E-state index in [9.17, 15) is 9.90 Å². The van der Waals surface area contributed by atoms with E-state index in [1.54, 1.807) is 29.7 Å². The standard InChI is InChI=1S/C13H12Cl2N2O2S/c1-7-11(12(18)19)17(13(16-7)20-2)6-8-5-9(14)3-4-10(8)15/h3-5H,6H2,1-2H3,(H,18,19). The lowest BCUT2D eigenvalue weighted by atomic mass is 10.2. The molecule has 1 aromatic heterocycles. The van der Waals surface area contributed by atoms with Gasteiger partial charge in [-0.25, -0.2) is 9.78 Å². The summed E-state index contributed by atoms with van der Waals surface area (Å²) in [4.78, 5) is 15.7. The molecule has 0 radical (unpaired) electrons. The van der Waals surface area contributed by atoms with Gasteiger partial charge in [-0.05, 0) is 36.9 Å². The molecule has 0 aliphatic heterocycles. The molecule has 1 heterocycles. The second kappa shape index (κ2) is 6.08. The number of hydrogen-bond donors (Lipinski definition) is 1. The summed E-state index contributed by atoms with van der Waals surface area (Å²) in [6.45, 7) is 2.00. The Morgan fingerprint density at radius 1 is 1.45 bits per heavy atom. The fourth-order valence-electron chi connectivity index (χ4n) is 1.96. The fraction of sp³-hybridized carbons (Fsp3) is 0.231. The summed E-state index contributed by atoms with van der Waals surface area (Å²) >= 11 is 13.5. The van der Waals surface area contributed by atoms with Crippen molar-refractivity contribution in [3.63, 3.8) is 0 Å². The fourth-order valence-corrected chi connectivity index (χ4v) is 2.93. The van der Waals surface area contributed by atoms with Gasteiger partial charge < -0.3 is 9.67 Å². The van der Waals surface area contributed by atoms with E-state index in [0.29, 0.717) is 27.4 Å². The summed E-state index contributed by atoms with van der Waals surface area (Å²) in [5, 5.41) is 11.1. The van der Waals surface area contributed by atoms with Gasteiger partial charge in [0.15, 0.2) is 10.9 Å². The summed E-state index contributed by atoms with van der Waals surface area (Å²) < 4.78 is 1.64. The Kier molecular flexibility index (Phi) is 4.62. The third kappa shape index (κ3) is 2.95. The molecule has 0 atom stereocenters. The first kappa shape index (κ1) is 15.2. The molecule has 1 aromatic carbocycles. The Morgan fingerprint density at radius 2 is 2.15 bits per heavy atom. The molecule has 0 unspecified atom stereocenters. The van der Waals surface area contributed by atoms with Crippen LogP contribution in [0.4, 0.5) is 0 Å². The molecule has 2 aromatic rings. The van der Waals surface area contributed by atoms with Crippen molar-refractivity contribution in [2.45, 2.75) is 18.6 Å². The van der Waals surface area contributed by atoms with E-state index in [1.807, 2.05) is 6.26 Å². The largest absolute Gasteiger partial charge is 0.477 e. The summed E-state index contributed by atoms with van der Waals surface area (Å²) in [6.07, 6.45) is 1.85. The molecule has 4 nitrogen and oxygen atoms in total. The number of aromatic carboxylic acids is 1. The van der Waals surface area contributed by atoms with Crippen molar-refractivity contribution in [1.82, 2.24) is 9.55 Å². The van der Waals surface area contributed by atoms with Crippen LogP contribution in [0.1, 0.15) is 21.7 Å². The van der Waals surface area contributed by atoms with Crippen molar-refractivity contribution >= 4 is 40.9 Å². The van der Waals surface area contributed by atoms with E-state index in [-0.39, 0.29) is 5.69 Å². The lowest BCUT2D eigenvalue weighted by Gasteiger charge is -2.10. The molecule has 0 fully saturated rings. The topological polar surface area (TPSA) is 55.1 Å². The van der Waals surface area contributed by atoms with Crippen LogP contribution in [0.5, 0.6) is 0 Å². The summed E-state index contributed by atoms with van der Waals surface area (Å²) in [6, 6.07) is 5.12. The summed E-state index contributed by atoms with van der Waals surface area (Å²) in [5.74, 6) is -1.01. The highest BCUT2D eigenvalue weighted by atomic mass is 35.5. The maximum atomic E-state index is 11.4. The number of carboxylic acids is 1. The third-order valence-corrected chi connectivity index (χ3v) is 4.11. The number of benzene rings is 1. The minimum Gasteiger partial charge on any atom is -0.477 e. The Balaban J connectivity index is 2.52. The Labute approximate surface area is 130 Å². The van der Waals surface area contributed by atoms with Crippen LogP contribution >= 0.6 is 35.0 Å². The van der Waals surface area contributed by atoms with E-state index >= 15 is 0 Å². The predicted octanol–water partition coefficient (Wildman–Crippen LogP) is 3.97. The number of rotatable bonds is 4. The molecule has 7 heteroatoms. The van der Waals surface area contributed by atoms with Crippen molar-refractivity contribution in [3.05, 3.63) is 45.2 Å². The van der Waals surface area contributed by atoms with Crippen molar-refractivity contribution in [2.75, 3.05) is 6.26 Å². The van der Waals surface area contributed by atoms with Gasteiger partial charge in [-0.3, -0.25) is 0 Å². The smallest absolute Gasteiger partial charge is 0.354 e. The number of halogens is 2. The lowest BCUT2D eigenvalue weighted by Crippen LogP contribution is -2.11.